The second kappa shape index (κ2) is 7.94. The van der Waals surface area contributed by atoms with Gasteiger partial charge in [-0.2, -0.15) is 0 Å². The lowest BCUT2D eigenvalue weighted by Gasteiger charge is -2.24. The third-order valence-electron chi connectivity index (χ3n) is 2.87. The van der Waals surface area contributed by atoms with E-state index in [2.05, 4.69) is 0 Å². The van der Waals surface area contributed by atoms with Crippen molar-refractivity contribution in [3.63, 3.8) is 0 Å². The molecule has 2 N–H and O–H groups in total. The lowest BCUT2D eigenvalue weighted by Crippen LogP contribution is -2.37. The van der Waals surface area contributed by atoms with Crippen molar-refractivity contribution >= 4 is 23.1 Å². The van der Waals surface area contributed by atoms with E-state index in [1.54, 1.807) is 23.1 Å². The third kappa shape index (κ3) is 5.65. The Morgan fingerprint density at radius 1 is 1.40 bits per heavy atom. The second-order valence-corrected chi connectivity index (χ2v) is 5.74. The normalized spacial score (nSPS) is 10.6. The van der Waals surface area contributed by atoms with Crippen molar-refractivity contribution in [1.82, 2.24) is 4.90 Å². The molecule has 0 aliphatic carbocycles. The molecule has 1 aromatic carbocycles. The Hall–Kier alpha value is -1.49. The first-order chi connectivity index (χ1) is 9.40. The minimum atomic E-state index is -0.348. The summed E-state index contributed by atoms with van der Waals surface area (Å²) in [6.07, 6.45) is 0.557. The zero-order valence-corrected chi connectivity index (χ0v) is 12.8. The number of amides is 1. The van der Waals surface area contributed by atoms with Crippen LogP contribution in [0.5, 0.6) is 0 Å². The first kappa shape index (κ1) is 16.6. The number of nitrogens with zero attached hydrogens (tertiary/aromatic N) is 1. The van der Waals surface area contributed by atoms with Crippen LogP contribution in [0.3, 0.4) is 0 Å². The van der Waals surface area contributed by atoms with Crippen LogP contribution in [0.4, 0.5) is 4.39 Å². The van der Waals surface area contributed by atoms with E-state index in [-0.39, 0.29) is 18.1 Å². The summed E-state index contributed by atoms with van der Waals surface area (Å²) < 4.78 is 13.6. The molecule has 1 amide bonds. The highest BCUT2D eigenvalue weighted by Crippen LogP contribution is 2.10. The van der Waals surface area contributed by atoms with E-state index in [1.165, 1.54) is 6.07 Å². The van der Waals surface area contributed by atoms with E-state index >= 15 is 0 Å². The smallest absolute Gasteiger partial charge is 0.227 e. The van der Waals surface area contributed by atoms with Gasteiger partial charge in [0.05, 0.1) is 11.4 Å². The Bertz CT molecular complexity index is 477. The van der Waals surface area contributed by atoms with Gasteiger partial charge in [-0.25, -0.2) is 4.39 Å². The van der Waals surface area contributed by atoms with Crippen LogP contribution in [0.1, 0.15) is 25.8 Å². The summed E-state index contributed by atoms with van der Waals surface area (Å²) in [5, 5.41) is 0. The summed E-state index contributed by atoms with van der Waals surface area (Å²) in [5.74, 6) is -0.106. The van der Waals surface area contributed by atoms with E-state index in [0.717, 1.165) is 0 Å². The molecule has 0 radical (unpaired) electrons. The van der Waals surface area contributed by atoms with Gasteiger partial charge in [0.1, 0.15) is 5.82 Å². The highest BCUT2D eigenvalue weighted by Gasteiger charge is 2.17. The SMILES string of the molecule is CC(C)CN(CCC(N)=S)C(=O)Cc1ccccc1F. The molecule has 0 aliphatic heterocycles. The number of hydrogen-bond donors (Lipinski definition) is 1. The molecule has 0 unspecified atom stereocenters. The molecule has 0 saturated carbocycles. The number of benzene rings is 1. The summed E-state index contributed by atoms with van der Waals surface area (Å²) >= 11 is 4.84. The van der Waals surface area contributed by atoms with Crippen molar-refractivity contribution in [2.24, 2.45) is 11.7 Å². The number of halogens is 1. The van der Waals surface area contributed by atoms with E-state index < -0.39 is 0 Å². The summed E-state index contributed by atoms with van der Waals surface area (Å²) in [5.41, 5.74) is 5.90. The minimum Gasteiger partial charge on any atom is -0.393 e. The zero-order chi connectivity index (χ0) is 15.1. The molecule has 5 heteroatoms. The molecule has 0 bridgehead atoms. The van der Waals surface area contributed by atoms with Crippen LogP contribution in [0, 0.1) is 11.7 Å². The predicted octanol–water partition coefficient (Wildman–Crippen LogP) is 2.53. The Kier molecular flexibility index (Phi) is 6.58. The van der Waals surface area contributed by atoms with Crippen LogP contribution in [0.25, 0.3) is 0 Å². The van der Waals surface area contributed by atoms with Crippen molar-refractivity contribution in [3.05, 3.63) is 35.6 Å². The Balaban J connectivity index is 2.72. The van der Waals surface area contributed by atoms with Gasteiger partial charge in [0, 0.05) is 19.5 Å². The van der Waals surface area contributed by atoms with Gasteiger partial charge in [0.25, 0.3) is 0 Å². The molecule has 1 rings (SSSR count). The van der Waals surface area contributed by atoms with Crippen LogP contribution >= 0.6 is 12.2 Å². The van der Waals surface area contributed by atoms with E-state index in [0.29, 0.717) is 36.0 Å². The lowest BCUT2D eigenvalue weighted by atomic mass is 10.1. The molecule has 0 aliphatic rings. The van der Waals surface area contributed by atoms with Gasteiger partial charge in [-0.3, -0.25) is 4.79 Å². The molecule has 3 nitrogen and oxygen atoms in total. The van der Waals surface area contributed by atoms with Gasteiger partial charge in [0.15, 0.2) is 0 Å². The van der Waals surface area contributed by atoms with Crippen LogP contribution in [0.15, 0.2) is 24.3 Å². The first-order valence-corrected chi connectivity index (χ1v) is 7.10. The number of thiocarbonyl (C=S) groups is 1. The maximum absolute atomic E-state index is 13.6. The number of carbonyl (C=O) groups is 1. The van der Waals surface area contributed by atoms with Gasteiger partial charge < -0.3 is 10.6 Å². The van der Waals surface area contributed by atoms with Crippen LogP contribution in [-0.2, 0) is 11.2 Å². The van der Waals surface area contributed by atoms with Gasteiger partial charge in [0.2, 0.25) is 5.91 Å². The molecule has 0 atom stereocenters. The molecule has 110 valence electrons. The van der Waals surface area contributed by atoms with Crippen LogP contribution in [0.2, 0.25) is 0 Å². The molecule has 0 heterocycles. The third-order valence-corrected chi connectivity index (χ3v) is 3.07. The summed E-state index contributed by atoms with van der Waals surface area (Å²) in [7, 11) is 0. The van der Waals surface area contributed by atoms with Gasteiger partial charge >= 0.3 is 0 Å². The van der Waals surface area contributed by atoms with Crippen molar-refractivity contribution in [1.29, 1.82) is 0 Å². The number of rotatable bonds is 7. The molecular weight excluding hydrogens is 275 g/mol. The van der Waals surface area contributed by atoms with Gasteiger partial charge in [-0.1, -0.05) is 44.3 Å². The minimum absolute atomic E-state index is 0.0662. The van der Waals surface area contributed by atoms with Gasteiger partial charge in [-0.15, -0.1) is 0 Å². The van der Waals surface area contributed by atoms with E-state index in [1.807, 2.05) is 13.8 Å². The highest BCUT2D eigenvalue weighted by molar-refractivity contribution is 7.80. The molecular formula is C15H21FN2OS. The Labute approximate surface area is 125 Å². The average Bonchev–Trinajstić information content (AvgIpc) is 2.36. The standard InChI is InChI=1S/C15H21FN2OS/c1-11(2)10-18(8-7-14(17)20)15(19)9-12-5-3-4-6-13(12)16/h3-6,11H,7-10H2,1-2H3,(H2,17,20). The number of nitrogens with two attached hydrogens (primary N) is 1. The maximum Gasteiger partial charge on any atom is 0.227 e. The van der Waals surface area contributed by atoms with Crippen molar-refractivity contribution < 1.29 is 9.18 Å². The topological polar surface area (TPSA) is 46.3 Å². The first-order valence-electron chi connectivity index (χ1n) is 6.69. The fourth-order valence-corrected chi connectivity index (χ4v) is 2.01. The largest absolute Gasteiger partial charge is 0.393 e. The Morgan fingerprint density at radius 3 is 2.60 bits per heavy atom. The quantitative estimate of drug-likeness (QED) is 0.787. The summed E-state index contributed by atoms with van der Waals surface area (Å²) in [4.78, 5) is 14.4. The molecule has 0 aromatic heterocycles. The van der Waals surface area contributed by atoms with Gasteiger partial charge in [-0.05, 0) is 17.5 Å². The highest BCUT2D eigenvalue weighted by atomic mass is 32.1. The summed E-state index contributed by atoms with van der Waals surface area (Å²) in [6.45, 7) is 5.17. The number of hydrogen-bond acceptors (Lipinski definition) is 2. The fourth-order valence-electron chi connectivity index (χ4n) is 1.92. The van der Waals surface area contributed by atoms with Crippen molar-refractivity contribution in [3.8, 4) is 0 Å². The van der Waals surface area contributed by atoms with Crippen molar-refractivity contribution in [2.75, 3.05) is 13.1 Å². The monoisotopic (exact) mass is 296 g/mol. The molecule has 1 aromatic rings. The second-order valence-electron chi connectivity index (χ2n) is 5.22. The van der Waals surface area contributed by atoms with Crippen molar-refractivity contribution in [2.45, 2.75) is 26.7 Å². The van der Waals surface area contributed by atoms with E-state index in [4.69, 9.17) is 18.0 Å². The molecule has 0 fully saturated rings. The van der Waals surface area contributed by atoms with E-state index in [9.17, 15) is 9.18 Å². The average molecular weight is 296 g/mol. The van der Waals surface area contributed by atoms with Crippen LogP contribution in [-0.4, -0.2) is 28.9 Å². The lowest BCUT2D eigenvalue weighted by molar-refractivity contribution is -0.131. The molecule has 0 saturated heterocycles. The zero-order valence-electron chi connectivity index (χ0n) is 11.9. The summed E-state index contributed by atoms with van der Waals surface area (Å²) in [6, 6.07) is 6.34. The fraction of sp³-hybridized carbons (Fsp3) is 0.467. The molecule has 20 heavy (non-hydrogen) atoms. The predicted molar refractivity (Wildman–Crippen MR) is 82.9 cm³/mol. The Morgan fingerprint density at radius 2 is 2.05 bits per heavy atom. The van der Waals surface area contributed by atoms with Crippen LogP contribution < -0.4 is 5.73 Å². The molecule has 0 spiro atoms. The number of carbonyl (C=O) groups excluding carboxylic acids is 1. The maximum atomic E-state index is 13.6.